The summed E-state index contributed by atoms with van der Waals surface area (Å²) < 4.78 is 11.3. The minimum Gasteiger partial charge on any atom is -0.497 e. The molecule has 2 rings (SSSR count). The predicted octanol–water partition coefficient (Wildman–Crippen LogP) is 1.70. The molecule has 0 saturated carbocycles. The third-order valence-electron chi connectivity index (χ3n) is 3.55. The Hall–Kier alpha value is -1.60. The van der Waals surface area contributed by atoms with Gasteiger partial charge in [0.2, 0.25) is 5.91 Å². The van der Waals surface area contributed by atoms with Crippen molar-refractivity contribution < 1.29 is 24.2 Å². The third kappa shape index (κ3) is 4.20. The Labute approximate surface area is 137 Å². The van der Waals surface area contributed by atoms with E-state index in [2.05, 4.69) is 15.9 Å². The van der Waals surface area contributed by atoms with Crippen LogP contribution in [-0.4, -0.2) is 54.8 Å². The molecule has 1 aromatic rings. The minimum atomic E-state index is -0.934. The van der Waals surface area contributed by atoms with Gasteiger partial charge in [0.05, 0.1) is 39.2 Å². The summed E-state index contributed by atoms with van der Waals surface area (Å²) >= 11 is 3.42. The summed E-state index contributed by atoms with van der Waals surface area (Å²) in [6, 6.07) is 5.02. The van der Waals surface area contributed by atoms with Crippen LogP contribution in [-0.2, 0) is 20.7 Å². The molecule has 0 radical (unpaired) electrons. The SMILES string of the molecule is COc1ccc(Br)c(CC(=O)N2CCOCC2CC(=O)O)c1. The van der Waals surface area contributed by atoms with Gasteiger partial charge in [-0.05, 0) is 23.8 Å². The van der Waals surface area contributed by atoms with E-state index in [0.717, 1.165) is 10.0 Å². The number of carboxylic acid groups (broad SMARTS) is 1. The summed E-state index contributed by atoms with van der Waals surface area (Å²) in [4.78, 5) is 25.0. The molecule has 1 aliphatic heterocycles. The van der Waals surface area contributed by atoms with Crippen LogP contribution in [0.5, 0.6) is 5.75 Å². The largest absolute Gasteiger partial charge is 0.497 e. The number of halogens is 1. The smallest absolute Gasteiger partial charge is 0.305 e. The fourth-order valence-electron chi connectivity index (χ4n) is 2.43. The highest BCUT2D eigenvalue weighted by Crippen LogP contribution is 2.24. The molecule has 7 heteroatoms. The Morgan fingerprint density at radius 2 is 2.27 bits per heavy atom. The first-order valence-corrected chi connectivity index (χ1v) is 7.72. The molecular formula is C15H18BrNO5. The predicted molar refractivity (Wildman–Crippen MR) is 83.0 cm³/mol. The third-order valence-corrected chi connectivity index (χ3v) is 4.33. The van der Waals surface area contributed by atoms with E-state index in [-0.39, 0.29) is 25.4 Å². The zero-order valence-corrected chi connectivity index (χ0v) is 13.8. The van der Waals surface area contributed by atoms with Gasteiger partial charge in [-0.2, -0.15) is 0 Å². The first kappa shape index (κ1) is 16.8. The number of morpholine rings is 1. The normalized spacial score (nSPS) is 18.1. The monoisotopic (exact) mass is 371 g/mol. The van der Waals surface area contributed by atoms with Crippen LogP contribution >= 0.6 is 15.9 Å². The Bertz CT molecular complexity index is 563. The lowest BCUT2D eigenvalue weighted by atomic mass is 10.1. The molecule has 22 heavy (non-hydrogen) atoms. The summed E-state index contributed by atoms with van der Waals surface area (Å²) in [7, 11) is 1.57. The molecule has 6 nitrogen and oxygen atoms in total. The van der Waals surface area contributed by atoms with Crippen LogP contribution in [0.2, 0.25) is 0 Å². The molecule has 1 amide bonds. The topological polar surface area (TPSA) is 76.1 Å². The Morgan fingerprint density at radius 3 is 2.95 bits per heavy atom. The van der Waals surface area contributed by atoms with Gasteiger partial charge in [0.15, 0.2) is 0 Å². The Balaban J connectivity index is 2.11. The summed E-state index contributed by atoms with van der Waals surface area (Å²) in [6.07, 6.45) is 0.0823. The minimum absolute atomic E-state index is 0.106. The number of carboxylic acids is 1. The van der Waals surface area contributed by atoms with Crippen molar-refractivity contribution in [2.75, 3.05) is 26.9 Å². The number of aliphatic carboxylic acids is 1. The molecule has 0 aliphatic carbocycles. The van der Waals surface area contributed by atoms with Gasteiger partial charge < -0.3 is 19.5 Å². The number of carbonyl (C=O) groups excluding carboxylic acids is 1. The number of nitrogens with zero attached hydrogens (tertiary/aromatic N) is 1. The highest BCUT2D eigenvalue weighted by Gasteiger charge is 2.29. The first-order valence-electron chi connectivity index (χ1n) is 6.92. The number of hydrogen-bond acceptors (Lipinski definition) is 4. The molecule has 1 aromatic carbocycles. The van der Waals surface area contributed by atoms with Gasteiger partial charge in [0.1, 0.15) is 5.75 Å². The Kier molecular flexibility index (Phi) is 5.79. The summed E-state index contributed by atoms with van der Waals surface area (Å²) in [5.41, 5.74) is 0.810. The number of methoxy groups -OCH3 is 1. The molecule has 1 saturated heterocycles. The quantitative estimate of drug-likeness (QED) is 0.852. The molecule has 1 atom stereocenters. The molecule has 120 valence electrons. The van der Waals surface area contributed by atoms with Crippen molar-refractivity contribution in [3.63, 3.8) is 0 Å². The summed E-state index contributed by atoms with van der Waals surface area (Å²) in [5, 5.41) is 8.95. The van der Waals surface area contributed by atoms with Crippen LogP contribution in [0.25, 0.3) is 0 Å². The molecule has 1 N–H and O–H groups in total. The van der Waals surface area contributed by atoms with E-state index in [1.807, 2.05) is 6.07 Å². The number of rotatable bonds is 5. The van der Waals surface area contributed by atoms with E-state index in [9.17, 15) is 9.59 Å². The van der Waals surface area contributed by atoms with Gasteiger partial charge in [-0.3, -0.25) is 9.59 Å². The van der Waals surface area contributed by atoms with Gasteiger partial charge in [-0.15, -0.1) is 0 Å². The van der Waals surface area contributed by atoms with Gasteiger partial charge in [0, 0.05) is 11.0 Å². The van der Waals surface area contributed by atoms with Crippen LogP contribution in [0.3, 0.4) is 0 Å². The average Bonchev–Trinajstić information content (AvgIpc) is 2.49. The van der Waals surface area contributed by atoms with Crippen LogP contribution in [0.15, 0.2) is 22.7 Å². The maximum absolute atomic E-state index is 12.5. The summed E-state index contributed by atoms with van der Waals surface area (Å²) in [6.45, 7) is 1.11. The number of hydrogen-bond donors (Lipinski definition) is 1. The van der Waals surface area contributed by atoms with E-state index in [1.165, 1.54) is 0 Å². The first-order chi connectivity index (χ1) is 10.5. The van der Waals surface area contributed by atoms with Crippen molar-refractivity contribution in [1.82, 2.24) is 4.90 Å². The van der Waals surface area contributed by atoms with Crippen LogP contribution in [0.4, 0.5) is 0 Å². The number of amides is 1. The molecular weight excluding hydrogens is 354 g/mol. The fourth-order valence-corrected chi connectivity index (χ4v) is 2.82. The summed E-state index contributed by atoms with van der Waals surface area (Å²) in [5.74, 6) is -0.366. The second kappa shape index (κ2) is 7.60. The molecule has 1 fully saturated rings. The zero-order chi connectivity index (χ0) is 16.1. The number of benzene rings is 1. The average molecular weight is 372 g/mol. The van der Waals surface area contributed by atoms with E-state index in [1.54, 1.807) is 24.1 Å². The van der Waals surface area contributed by atoms with Gasteiger partial charge in [0.25, 0.3) is 0 Å². The van der Waals surface area contributed by atoms with Gasteiger partial charge in [-0.25, -0.2) is 0 Å². The van der Waals surface area contributed by atoms with Crippen LogP contribution in [0.1, 0.15) is 12.0 Å². The lowest BCUT2D eigenvalue weighted by Gasteiger charge is -2.35. The van der Waals surface area contributed by atoms with E-state index >= 15 is 0 Å². The van der Waals surface area contributed by atoms with E-state index in [0.29, 0.717) is 18.9 Å². The van der Waals surface area contributed by atoms with Crippen molar-refractivity contribution in [2.45, 2.75) is 18.9 Å². The molecule has 0 bridgehead atoms. The van der Waals surface area contributed by atoms with Crippen molar-refractivity contribution in [3.8, 4) is 5.75 Å². The van der Waals surface area contributed by atoms with Crippen molar-refractivity contribution in [2.24, 2.45) is 0 Å². The zero-order valence-electron chi connectivity index (χ0n) is 12.3. The second-order valence-electron chi connectivity index (χ2n) is 5.05. The number of ether oxygens (including phenoxy) is 2. The van der Waals surface area contributed by atoms with Crippen molar-refractivity contribution in [1.29, 1.82) is 0 Å². The van der Waals surface area contributed by atoms with Crippen LogP contribution < -0.4 is 4.74 Å². The van der Waals surface area contributed by atoms with Crippen molar-refractivity contribution >= 4 is 27.8 Å². The highest BCUT2D eigenvalue weighted by molar-refractivity contribution is 9.10. The number of carbonyl (C=O) groups is 2. The van der Waals surface area contributed by atoms with E-state index < -0.39 is 12.0 Å². The molecule has 1 unspecified atom stereocenters. The lowest BCUT2D eigenvalue weighted by Crippen LogP contribution is -2.50. The van der Waals surface area contributed by atoms with E-state index in [4.69, 9.17) is 14.6 Å². The lowest BCUT2D eigenvalue weighted by molar-refractivity contribution is -0.145. The van der Waals surface area contributed by atoms with Crippen LogP contribution in [0, 0.1) is 0 Å². The van der Waals surface area contributed by atoms with Gasteiger partial charge in [-0.1, -0.05) is 15.9 Å². The fraction of sp³-hybridized carbons (Fsp3) is 0.467. The molecule has 0 spiro atoms. The molecule has 1 aliphatic rings. The maximum atomic E-state index is 12.5. The highest BCUT2D eigenvalue weighted by atomic mass is 79.9. The van der Waals surface area contributed by atoms with Gasteiger partial charge >= 0.3 is 5.97 Å². The molecule has 1 heterocycles. The molecule has 0 aromatic heterocycles. The standard InChI is InChI=1S/C15H18BrNO5/c1-21-12-2-3-13(16)10(6-12)7-14(18)17-4-5-22-9-11(17)8-15(19)20/h2-3,6,11H,4-5,7-9H2,1H3,(H,19,20). The van der Waals surface area contributed by atoms with Crippen molar-refractivity contribution in [3.05, 3.63) is 28.2 Å². The second-order valence-corrected chi connectivity index (χ2v) is 5.90. The maximum Gasteiger partial charge on any atom is 0.305 e. The Morgan fingerprint density at radius 1 is 1.50 bits per heavy atom.